The first-order valence-electron chi connectivity index (χ1n) is 21.8. The van der Waals surface area contributed by atoms with Gasteiger partial charge in [0.15, 0.2) is 0 Å². The van der Waals surface area contributed by atoms with Crippen LogP contribution in [0.4, 0.5) is 0 Å². The van der Waals surface area contributed by atoms with Crippen LogP contribution in [0.15, 0.2) is 194 Å². The van der Waals surface area contributed by atoms with E-state index in [1.54, 1.807) is 18.2 Å². The minimum atomic E-state index is -2.09. The number of benzene rings is 9. The van der Waals surface area contributed by atoms with E-state index in [1.165, 1.54) is 80.2 Å². The van der Waals surface area contributed by atoms with Crippen molar-refractivity contribution < 1.29 is 24.2 Å². The van der Waals surface area contributed by atoms with Gasteiger partial charge >= 0.3 is 0 Å². The van der Waals surface area contributed by atoms with E-state index in [-0.39, 0.29) is 25.7 Å². The molecule has 13 aromatic rings. The first kappa shape index (κ1) is 34.7. The molecule has 4 heterocycles. The summed E-state index contributed by atoms with van der Waals surface area (Å²) in [6.45, 7) is -2.09. The molecule has 295 valence electrons. The van der Waals surface area contributed by atoms with Gasteiger partial charge in [-0.1, -0.05) is 138 Å². The Labute approximate surface area is 379 Å². The Morgan fingerprint density at radius 2 is 1.23 bits per heavy atom. The summed E-state index contributed by atoms with van der Waals surface area (Å²) < 4.78 is 26.6. The molecule has 0 aliphatic carbocycles. The number of nitrogens with zero attached hydrogens (tertiary/aromatic N) is 3. The van der Waals surface area contributed by atoms with Crippen LogP contribution in [-0.2, 0) is 20.1 Å². The number of fused-ring (bicyclic) bond motifs is 13. The van der Waals surface area contributed by atoms with Crippen molar-refractivity contribution in [2.75, 3.05) is 0 Å². The minimum Gasteiger partial charge on any atom is -0.332 e. The molecule has 62 heavy (non-hydrogen) atoms. The first-order valence-corrected chi connectivity index (χ1v) is 21.1. The van der Waals surface area contributed by atoms with E-state index in [2.05, 4.69) is 173 Å². The molecule has 0 N–H and O–H groups in total. The van der Waals surface area contributed by atoms with Gasteiger partial charge in [0.05, 0.1) is 16.9 Å². The van der Waals surface area contributed by atoms with Crippen LogP contribution in [0.25, 0.3) is 113 Å². The van der Waals surface area contributed by atoms with E-state index in [4.69, 9.17) is 9.10 Å². The molecule has 0 unspecified atom stereocenters. The average molecular weight is 989 g/mol. The minimum absolute atomic E-state index is 0. The standard InChI is InChI=1S/C45H25N2S.C12H10N.Ir/c1-2-12-29-27(11-1)23-24-28-25-39-36-19-9-20-37(44(36)48-42(39)26-38(28)29)45-46-40-21-10-18-35-33-16-6-4-14-31(33)30-13-3-5-15-32(30)34-17-7-8-22-41(34)47(45)43(35)40;1-10-7-8-12(13-9-10)11-5-3-2-4-6-11;/h1-19,21-26H;2-5,7-9H,1H3;/q2*-1;/i;1D3;. The average Bonchev–Trinajstić information content (AvgIpc) is 3.93. The molecule has 1 radical (unpaired) electrons. The van der Waals surface area contributed by atoms with Crippen LogP contribution in [0.3, 0.4) is 0 Å². The molecule has 3 nitrogen and oxygen atoms in total. The summed E-state index contributed by atoms with van der Waals surface area (Å²) in [5.74, 6) is 0.911. The molecule has 0 amide bonds. The Balaban J connectivity index is 0.000000235. The number of thiophene rings is 1. The number of pyridine rings is 1. The van der Waals surface area contributed by atoms with E-state index in [9.17, 15) is 0 Å². The second-order valence-corrected chi connectivity index (χ2v) is 16.4. The Morgan fingerprint density at radius 1 is 0.532 bits per heavy atom. The Bertz CT molecular complexity index is 4010. The van der Waals surface area contributed by atoms with Gasteiger partial charge in [-0.25, -0.2) is 0 Å². The van der Waals surface area contributed by atoms with E-state index < -0.39 is 6.85 Å². The summed E-state index contributed by atoms with van der Waals surface area (Å²) in [4.78, 5) is 9.58. The summed E-state index contributed by atoms with van der Waals surface area (Å²) in [6, 6.07) is 72.6. The zero-order valence-corrected chi connectivity index (χ0v) is 36.3. The van der Waals surface area contributed by atoms with Gasteiger partial charge in [-0.3, -0.25) is 4.98 Å². The van der Waals surface area contributed by atoms with Crippen molar-refractivity contribution in [2.24, 2.45) is 0 Å². The first-order chi connectivity index (χ1) is 31.4. The van der Waals surface area contributed by atoms with Crippen LogP contribution in [0.5, 0.6) is 0 Å². The maximum absolute atomic E-state index is 7.23. The van der Waals surface area contributed by atoms with Crippen molar-refractivity contribution in [3.05, 3.63) is 212 Å². The smallest absolute Gasteiger partial charge is 0.0780 e. The molecule has 0 aliphatic rings. The third-order valence-corrected chi connectivity index (χ3v) is 13.0. The van der Waals surface area contributed by atoms with Gasteiger partial charge in [-0.15, -0.1) is 54.1 Å². The van der Waals surface area contributed by atoms with Crippen LogP contribution < -0.4 is 0 Å². The van der Waals surface area contributed by atoms with E-state index in [1.807, 2.05) is 29.5 Å². The third-order valence-electron chi connectivity index (χ3n) is 11.8. The molecule has 0 atom stereocenters. The fourth-order valence-electron chi connectivity index (χ4n) is 9.06. The normalized spacial score (nSPS) is 12.4. The van der Waals surface area contributed by atoms with Crippen LogP contribution in [0, 0.1) is 19.0 Å². The summed E-state index contributed by atoms with van der Waals surface area (Å²) in [7, 11) is 0. The molecule has 13 rings (SSSR count). The quantitative estimate of drug-likeness (QED) is 0.128. The van der Waals surface area contributed by atoms with Crippen molar-refractivity contribution in [3.63, 3.8) is 0 Å². The monoisotopic (exact) mass is 989 g/mol. The number of hydrogen-bond donors (Lipinski definition) is 0. The van der Waals surface area contributed by atoms with Gasteiger partial charge in [-0.05, 0) is 95.6 Å². The zero-order valence-electron chi connectivity index (χ0n) is 36.1. The van der Waals surface area contributed by atoms with Crippen molar-refractivity contribution >= 4 is 102 Å². The number of aromatic nitrogens is 3. The largest absolute Gasteiger partial charge is 0.332 e. The second-order valence-electron chi connectivity index (χ2n) is 15.3. The van der Waals surface area contributed by atoms with Crippen LogP contribution in [-0.4, -0.2) is 14.4 Å². The van der Waals surface area contributed by atoms with E-state index in [0.717, 1.165) is 39.2 Å². The van der Waals surface area contributed by atoms with Crippen molar-refractivity contribution in [1.29, 1.82) is 0 Å². The summed E-state index contributed by atoms with van der Waals surface area (Å²) in [5, 5.41) is 14.9. The molecule has 0 fully saturated rings. The van der Waals surface area contributed by atoms with Gasteiger partial charge in [0.1, 0.15) is 0 Å². The molecule has 0 saturated carbocycles. The Hall–Kier alpha value is -7.01. The number of imidazole rings is 1. The van der Waals surface area contributed by atoms with E-state index >= 15 is 0 Å². The predicted octanol–water partition coefficient (Wildman–Crippen LogP) is 15.5. The molecule has 9 aromatic carbocycles. The number of rotatable bonds is 2. The van der Waals surface area contributed by atoms with Gasteiger partial charge < -0.3 is 9.38 Å². The van der Waals surface area contributed by atoms with Crippen LogP contribution >= 0.6 is 11.3 Å². The van der Waals surface area contributed by atoms with Crippen LogP contribution in [0.1, 0.15) is 9.68 Å². The molecule has 0 saturated heterocycles. The van der Waals surface area contributed by atoms with Crippen LogP contribution in [0.2, 0.25) is 0 Å². The number of hydrogen-bond acceptors (Lipinski definition) is 3. The molecule has 4 aromatic heterocycles. The van der Waals surface area contributed by atoms with Crippen molar-refractivity contribution in [2.45, 2.75) is 6.85 Å². The van der Waals surface area contributed by atoms with Crippen molar-refractivity contribution in [1.82, 2.24) is 14.4 Å². The number of para-hydroxylation sites is 2. The number of aryl methyl sites for hydroxylation is 1. The summed E-state index contributed by atoms with van der Waals surface area (Å²) >= 11 is 1.85. The van der Waals surface area contributed by atoms with Crippen molar-refractivity contribution in [3.8, 4) is 22.6 Å². The fourth-order valence-corrected chi connectivity index (χ4v) is 10.3. The Morgan fingerprint density at radius 3 is 1.98 bits per heavy atom. The molecular weight excluding hydrogens is 951 g/mol. The zero-order chi connectivity index (χ0) is 42.9. The molecule has 0 bridgehead atoms. The Kier molecular flexibility index (Phi) is 8.65. The molecule has 0 aliphatic heterocycles. The molecular formula is C57H35IrN3S-2. The molecule has 5 heteroatoms. The predicted molar refractivity (Wildman–Crippen MR) is 259 cm³/mol. The molecule has 0 spiro atoms. The SMILES string of the molecule is [2H]C([2H])([2H])c1ccc(-c2[c-]cccc2)nc1.[Ir].[c-]1ccc2c(sc3cc4c(ccc5ccccc54)cc32)c1-c1nc2cccc3c4ccccc4c4ccccc4c4ccccc4n1c23. The summed E-state index contributed by atoms with van der Waals surface area (Å²) in [5.41, 5.74) is 6.08. The van der Waals surface area contributed by atoms with Gasteiger partial charge in [0.2, 0.25) is 0 Å². The van der Waals surface area contributed by atoms with Gasteiger partial charge in [0, 0.05) is 51.4 Å². The van der Waals surface area contributed by atoms with Gasteiger partial charge in [0.25, 0.3) is 0 Å². The fraction of sp³-hybridized carbons (Fsp3) is 0.0175. The van der Waals surface area contributed by atoms with Gasteiger partial charge in [-0.2, -0.15) is 11.3 Å². The summed E-state index contributed by atoms with van der Waals surface area (Å²) in [6.07, 6.45) is 1.39. The topological polar surface area (TPSA) is 30.2 Å². The maximum Gasteiger partial charge on any atom is 0.0780 e. The third kappa shape index (κ3) is 6.20. The van der Waals surface area contributed by atoms with E-state index in [0.29, 0.717) is 0 Å². The second kappa shape index (κ2) is 15.5. The maximum atomic E-state index is 7.23.